The molecule has 0 saturated carbocycles. The Morgan fingerprint density at radius 2 is 1.80 bits per heavy atom. The van der Waals surface area contributed by atoms with Gasteiger partial charge in [-0.1, -0.05) is 5.21 Å². The van der Waals surface area contributed by atoms with Gasteiger partial charge in [-0.05, 0) is 6.42 Å². The molecule has 2 unspecified atom stereocenters. The second kappa shape index (κ2) is 9.82. The molecule has 218 valence electrons. The number of imidazole rings is 2. The van der Waals surface area contributed by atoms with E-state index < -0.39 is 69.1 Å². The van der Waals surface area contributed by atoms with Crippen molar-refractivity contribution >= 4 is 36.0 Å². The minimum Gasteiger partial charge on any atom is -0.388 e. The van der Waals surface area contributed by atoms with Gasteiger partial charge in [0.05, 0.1) is 32.0 Å². The Morgan fingerprint density at radius 1 is 1.02 bits per heavy atom. The Labute approximate surface area is 227 Å². The zero-order valence-corrected chi connectivity index (χ0v) is 21.7. The lowest BCUT2D eigenvalue weighted by molar-refractivity contribution is -0.178. The largest absolute Gasteiger partial charge is 0.472 e. The number of nitrogens with two attached hydrogens (primary N) is 1. The molecule has 3 aliphatic heterocycles. The Kier molecular flexibility index (Phi) is 6.34. The third kappa shape index (κ3) is 4.40. The molecule has 4 aromatic rings. The maximum atomic E-state index is 13.1. The number of ether oxygens (including phenoxy) is 3. The monoisotopic (exact) mass is 594 g/mol. The van der Waals surface area contributed by atoms with Crippen molar-refractivity contribution in [2.75, 3.05) is 18.9 Å². The smallest absolute Gasteiger partial charge is 0.388 e. The van der Waals surface area contributed by atoms with Gasteiger partial charge in [-0.15, -0.1) is 5.10 Å². The summed E-state index contributed by atoms with van der Waals surface area (Å²) in [6.45, 7) is -0.489. The van der Waals surface area contributed by atoms with Crippen molar-refractivity contribution in [1.82, 2.24) is 44.5 Å². The summed E-state index contributed by atoms with van der Waals surface area (Å²) < 4.78 is 44.2. The molecule has 20 nitrogen and oxygen atoms in total. The van der Waals surface area contributed by atoms with E-state index in [0.29, 0.717) is 0 Å². The molecule has 21 heteroatoms. The summed E-state index contributed by atoms with van der Waals surface area (Å²) in [6.07, 6.45) is -4.70. The van der Waals surface area contributed by atoms with Gasteiger partial charge in [0, 0.05) is 5.92 Å². The van der Waals surface area contributed by atoms with E-state index in [9.17, 15) is 24.5 Å². The number of hydrogen-bond acceptors (Lipinski definition) is 16. The normalized spacial score (nSPS) is 36.3. The number of phosphoric acid groups is 1. The van der Waals surface area contributed by atoms with Crippen molar-refractivity contribution in [3.05, 3.63) is 29.3 Å². The SMILES string of the molecule is Nc1ncnc2c1ncn2[C@@H]1OC2OCC[C@H]3[C@@H](O)[C@H](n4cnc5c(=O)[nH]nnc54)O[C@@H]3COP(=O)(O)O[C@@H]1[C@@H]2O. The number of aromatic nitrogens is 9. The number of hydrogen-bond donors (Lipinski definition) is 5. The van der Waals surface area contributed by atoms with E-state index in [0.717, 1.165) is 0 Å². The Hall–Kier alpha value is -3.46. The van der Waals surface area contributed by atoms with E-state index in [2.05, 4.69) is 35.3 Å². The van der Waals surface area contributed by atoms with Crippen LogP contribution in [0.3, 0.4) is 0 Å². The highest BCUT2D eigenvalue weighted by molar-refractivity contribution is 7.47. The van der Waals surface area contributed by atoms with Crippen LogP contribution in [0, 0.1) is 5.92 Å². The van der Waals surface area contributed by atoms with Crippen LogP contribution in [-0.4, -0.2) is 104 Å². The number of nitrogens with zero attached hydrogens (tertiary/aromatic N) is 8. The third-order valence-corrected chi connectivity index (χ3v) is 8.28. The Balaban J connectivity index is 1.16. The number of anilines is 1. The van der Waals surface area contributed by atoms with Gasteiger partial charge in [0.25, 0.3) is 5.56 Å². The first kappa shape index (κ1) is 26.4. The highest BCUT2D eigenvalue weighted by atomic mass is 31.2. The first-order valence-electron chi connectivity index (χ1n) is 12.4. The Morgan fingerprint density at radius 3 is 2.63 bits per heavy atom. The summed E-state index contributed by atoms with van der Waals surface area (Å²) in [5.41, 5.74) is 5.84. The minimum atomic E-state index is -4.86. The molecule has 6 N–H and O–H groups in total. The van der Waals surface area contributed by atoms with Crippen molar-refractivity contribution < 1.29 is 42.9 Å². The highest BCUT2D eigenvalue weighted by Gasteiger charge is 2.52. The fourth-order valence-corrected chi connectivity index (χ4v) is 6.27. The van der Waals surface area contributed by atoms with E-state index >= 15 is 0 Å². The molecule has 4 aromatic heterocycles. The molecule has 0 aliphatic carbocycles. The molecule has 2 bridgehead atoms. The van der Waals surface area contributed by atoms with Crippen molar-refractivity contribution in [3.63, 3.8) is 0 Å². The lowest BCUT2D eigenvalue weighted by atomic mass is 9.95. The second-order valence-electron chi connectivity index (χ2n) is 9.65. The van der Waals surface area contributed by atoms with E-state index in [4.69, 9.17) is 29.0 Å². The van der Waals surface area contributed by atoms with Crippen LogP contribution in [0.5, 0.6) is 0 Å². The average molecular weight is 594 g/mol. The molecule has 7 rings (SSSR count). The molecule has 41 heavy (non-hydrogen) atoms. The van der Waals surface area contributed by atoms with E-state index in [1.54, 1.807) is 0 Å². The number of fused-ring (bicyclic) bond motifs is 5. The number of nitrogen functional groups attached to an aromatic ring is 1. The number of rotatable bonds is 2. The van der Waals surface area contributed by atoms with Crippen LogP contribution in [0.1, 0.15) is 18.9 Å². The third-order valence-electron chi connectivity index (χ3n) is 7.30. The zero-order valence-electron chi connectivity index (χ0n) is 20.8. The summed E-state index contributed by atoms with van der Waals surface area (Å²) in [4.78, 5) is 38.8. The standard InChI is InChI=1S/C20H23N10O10P/c21-14-9-15(23-4-22-14)29(5-24-9)19-13-12(32)20(39-19)36-2-1-7-8(3-37-41(34,35)40-13)38-18(11(7)31)30-6-25-10-16(30)26-28-27-17(10)33/h4-8,11-13,18-20,31-32H,1-3H2,(H,34,35)(H2,21,22,23)(H,26,27,33)/t7-,8-,11-,12+,13-,18-,19-,20?/m1/s1. The van der Waals surface area contributed by atoms with Crippen molar-refractivity contribution in [2.45, 2.75) is 49.6 Å². The lowest BCUT2D eigenvalue weighted by Crippen LogP contribution is -2.37. The lowest BCUT2D eigenvalue weighted by Gasteiger charge is -2.26. The molecule has 0 radical (unpaired) electrons. The van der Waals surface area contributed by atoms with E-state index in [1.165, 1.54) is 28.1 Å². The van der Waals surface area contributed by atoms with Gasteiger partial charge in [0.2, 0.25) is 0 Å². The highest BCUT2D eigenvalue weighted by Crippen LogP contribution is 2.51. The predicted octanol–water partition coefficient (Wildman–Crippen LogP) is -2.05. The molecular formula is C20H23N10O10P. The Bertz CT molecular complexity index is 1710. The molecule has 0 spiro atoms. The average Bonchev–Trinajstić information content (AvgIpc) is 3.69. The molecule has 9 atom stereocenters. The molecule has 3 fully saturated rings. The van der Waals surface area contributed by atoms with E-state index in [1.807, 2.05) is 0 Å². The van der Waals surface area contributed by atoms with Crippen LogP contribution in [0.25, 0.3) is 22.3 Å². The summed E-state index contributed by atoms with van der Waals surface area (Å²) in [6, 6.07) is 0. The van der Waals surface area contributed by atoms with Crippen molar-refractivity contribution in [2.24, 2.45) is 5.92 Å². The maximum absolute atomic E-state index is 13.1. The summed E-state index contributed by atoms with van der Waals surface area (Å²) in [5.74, 6) is -0.584. The second-order valence-corrected chi connectivity index (χ2v) is 11.1. The van der Waals surface area contributed by atoms with Crippen LogP contribution >= 0.6 is 7.82 Å². The van der Waals surface area contributed by atoms with E-state index in [-0.39, 0.29) is 41.2 Å². The first-order chi connectivity index (χ1) is 19.7. The van der Waals surface area contributed by atoms with Crippen molar-refractivity contribution in [1.29, 1.82) is 0 Å². The molecule has 3 aliphatic rings. The number of aromatic amines is 1. The predicted molar refractivity (Wildman–Crippen MR) is 130 cm³/mol. The quantitative estimate of drug-likeness (QED) is 0.156. The topological polar surface area (TPSA) is 270 Å². The fourth-order valence-electron chi connectivity index (χ4n) is 5.34. The van der Waals surface area contributed by atoms with Crippen LogP contribution in [0.2, 0.25) is 0 Å². The van der Waals surface area contributed by atoms with Gasteiger partial charge in [-0.3, -0.25) is 23.0 Å². The van der Waals surface area contributed by atoms with Gasteiger partial charge in [0.15, 0.2) is 41.4 Å². The van der Waals surface area contributed by atoms with Gasteiger partial charge in [0.1, 0.15) is 30.2 Å². The van der Waals surface area contributed by atoms with Gasteiger partial charge in [-0.25, -0.2) is 29.6 Å². The van der Waals surface area contributed by atoms with Crippen LogP contribution in [-0.2, 0) is 27.8 Å². The molecular weight excluding hydrogens is 571 g/mol. The molecule has 7 heterocycles. The molecule has 0 amide bonds. The minimum absolute atomic E-state index is 0.00827. The number of phosphoric ester groups is 1. The first-order valence-corrected chi connectivity index (χ1v) is 13.9. The van der Waals surface area contributed by atoms with Gasteiger partial charge < -0.3 is 35.1 Å². The molecule has 3 saturated heterocycles. The fraction of sp³-hybridized carbons (Fsp3) is 0.550. The zero-order chi connectivity index (χ0) is 28.5. The summed E-state index contributed by atoms with van der Waals surface area (Å²) >= 11 is 0. The summed E-state index contributed by atoms with van der Waals surface area (Å²) in [5, 5.41) is 31.8. The number of H-pyrrole nitrogens is 1. The van der Waals surface area contributed by atoms with Crippen LogP contribution in [0.15, 0.2) is 23.8 Å². The maximum Gasteiger partial charge on any atom is 0.472 e. The number of aliphatic hydroxyl groups excluding tert-OH is 2. The van der Waals surface area contributed by atoms with Crippen LogP contribution in [0.4, 0.5) is 5.82 Å². The summed E-state index contributed by atoms with van der Waals surface area (Å²) in [7, 11) is -4.86. The number of aliphatic hydroxyl groups is 2. The van der Waals surface area contributed by atoms with Crippen LogP contribution < -0.4 is 11.3 Å². The van der Waals surface area contributed by atoms with Gasteiger partial charge in [-0.2, -0.15) is 0 Å². The number of nitrogens with one attached hydrogen (secondary N) is 1. The molecule has 0 aromatic carbocycles. The van der Waals surface area contributed by atoms with Gasteiger partial charge >= 0.3 is 7.82 Å². The van der Waals surface area contributed by atoms with Crippen molar-refractivity contribution in [3.8, 4) is 0 Å².